The number of carbonyl (C=O) groups is 1. The van der Waals surface area contributed by atoms with Gasteiger partial charge in [-0.1, -0.05) is 6.92 Å². The first-order valence-electron chi connectivity index (χ1n) is 11.0. The Bertz CT molecular complexity index is 1190. The Morgan fingerprint density at radius 3 is 2.47 bits per heavy atom. The predicted molar refractivity (Wildman–Crippen MR) is 122 cm³/mol. The highest BCUT2D eigenvalue weighted by Crippen LogP contribution is 2.36. The third kappa shape index (κ3) is 4.42. The van der Waals surface area contributed by atoms with Crippen LogP contribution in [0.4, 0.5) is 30.6 Å². The summed E-state index contributed by atoms with van der Waals surface area (Å²) in [5.74, 6) is -2.85. The SMILES string of the molecule is CCC1C(=O)N(C)c2cnc(NCc3cnn(Cc4cc(F)c(F)c(F)c4)c3)nc2N1C(C)C. The maximum absolute atomic E-state index is 13.5. The van der Waals surface area contributed by atoms with Crippen molar-refractivity contribution >= 4 is 23.4 Å². The monoisotopic (exact) mass is 473 g/mol. The zero-order valence-corrected chi connectivity index (χ0v) is 19.4. The average molecular weight is 474 g/mol. The fourth-order valence-corrected chi connectivity index (χ4v) is 4.11. The number of fused-ring (bicyclic) bond motifs is 1. The lowest BCUT2D eigenvalue weighted by molar-refractivity contribution is -0.120. The van der Waals surface area contributed by atoms with Crippen molar-refractivity contribution in [2.24, 2.45) is 0 Å². The Morgan fingerprint density at radius 2 is 1.82 bits per heavy atom. The molecular formula is C23H26F3N7O. The van der Waals surface area contributed by atoms with E-state index < -0.39 is 17.5 Å². The van der Waals surface area contributed by atoms with E-state index in [0.29, 0.717) is 30.4 Å². The number of nitrogens with zero attached hydrogens (tertiary/aromatic N) is 6. The molecule has 3 heterocycles. The average Bonchev–Trinajstić information content (AvgIpc) is 3.25. The number of aromatic nitrogens is 4. The van der Waals surface area contributed by atoms with Gasteiger partial charge in [0.05, 0.1) is 18.9 Å². The molecular weight excluding hydrogens is 447 g/mol. The van der Waals surface area contributed by atoms with Crippen molar-refractivity contribution in [2.45, 2.75) is 52.4 Å². The van der Waals surface area contributed by atoms with Gasteiger partial charge in [-0.2, -0.15) is 10.1 Å². The highest BCUT2D eigenvalue weighted by molar-refractivity contribution is 6.04. The van der Waals surface area contributed by atoms with Crippen LogP contribution in [0.5, 0.6) is 0 Å². The van der Waals surface area contributed by atoms with Gasteiger partial charge in [-0.3, -0.25) is 9.48 Å². The second kappa shape index (κ2) is 9.32. The van der Waals surface area contributed by atoms with Crippen LogP contribution in [0.3, 0.4) is 0 Å². The summed E-state index contributed by atoms with van der Waals surface area (Å²) in [6, 6.07) is 1.68. The molecule has 1 atom stereocenters. The van der Waals surface area contributed by atoms with Gasteiger partial charge in [0.2, 0.25) is 11.9 Å². The minimum Gasteiger partial charge on any atom is -0.350 e. The molecule has 4 rings (SSSR count). The largest absolute Gasteiger partial charge is 0.350 e. The fourth-order valence-electron chi connectivity index (χ4n) is 4.11. The normalized spacial score (nSPS) is 15.8. The molecule has 0 saturated heterocycles. The van der Waals surface area contributed by atoms with E-state index >= 15 is 0 Å². The maximum atomic E-state index is 13.5. The molecule has 1 aliphatic heterocycles. The molecule has 8 nitrogen and oxygen atoms in total. The number of halogens is 3. The van der Waals surface area contributed by atoms with E-state index in [1.54, 1.807) is 30.5 Å². The number of hydrogen-bond donors (Lipinski definition) is 1. The highest BCUT2D eigenvalue weighted by atomic mass is 19.2. The Morgan fingerprint density at radius 1 is 1.12 bits per heavy atom. The van der Waals surface area contributed by atoms with Crippen LogP contribution in [0.1, 0.15) is 38.3 Å². The van der Waals surface area contributed by atoms with Crippen LogP contribution in [0, 0.1) is 17.5 Å². The van der Waals surface area contributed by atoms with E-state index in [-0.39, 0.29) is 30.1 Å². The molecule has 1 amide bonds. The molecule has 3 aromatic rings. The van der Waals surface area contributed by atoms with Crippen molar-refractivity contribution in [3.63, 3.8) is 0 Å². The Balaban J connectivity index is 1.49. The summed E-state index contributed by atoms with van der Waals surface area (Å²) in [4.78, 5) is 25.4. The van der Waals surface area contributed by atoms with Crippen LogP contribution in [0.15, 0.2) is 30.7 Å². The van der Waals surface area contributed by atoms with Crippen molar-refractivity contribution in [3.05, 3.63) is 59.3 Å². The molecule has 0 spiro atoms. The van der Waals surface area contributed by atoms with E-state index in [1.807, 2.05) is 25.7 Å². The van der Waals surface area contributed by atoms with Gasteiger partial charge in [-0.15, -0.1) is 0 Å². The number of likely N-dealkylation sites (N-methyl/N-ethyl adjacent to an activating group) is 1. The Kier molecular flexibility index (Phi) is 6.45. The van der Waals surface area contributed by atoms with Crippen LogP contribution in [0.25, 0.3) is 0 Å². The summed E-state index contributed by atoms with van der Waals surface area (Å²) >= 11 is 0. The first kappa shape index (κ1) is 23.5. The first-order valence-corrected chi connectivity index (χ1v) is 11.0. The van der Waals surface area contributed by atoms with Gasteiger partial charge in [-0.25, -0.2) is 18.2 Å². The number of rotatable bonds is 7. The standard InChI is InChI=1S/C23H26F3N7O/c1-5-18-22(34)31(4)19-10-28-23(30-21(19)33(18)13(2)3)27-8-15-9-29-32(12-15)11-14-6-16(24)20(26)17(25)7-14/h6-7,9-10,12-13,18H,5,8,11H2,1-4H3,(H,27,28,30). The van der Waals surface area contributed by atoms with Crippen molar-refractivity contribution in [3.8, 4) is 0 Å². The lowest BCUT2D eigenvalue weighted by atomic mass is 10.1. The molecule has 0 aliphatic carbocycles. The maximum Gasteiger partial charge on any atom is 0.249 e. The molecule has 0 radical (unpaired) electrons. The number of hydrogen-bond acceptors (Lipinski definition) is 6. The van der Waals surface area contributed by atoms with Gasteiger partial charge in [0, 0.05) is 31.4 Å². The Labute approximate surface area is 195 Å². The quantitative estimate of drug-likeness (QED) is 0.527. The van der Waals surface area contributed by atoms with E-state index in [0.717, 1.165) is 17.7 Å². The molecule has 2 aromatic heterocycles. The number of nitrogens with one attached hydrogen (secondary N) is 1. The van der Waals surface area contributed by atoms with Gasteiger partial charge in [0.1, 0.15) is 11.7 Å². The second-order valence-corrected chi connectivity index (χ2v) is 8.50. The summed E-state index contributed by atoms with van der Waals surface area (Å²) in [5, 5.41) is 7.35. The van der Waals surface area contributed by atoms with Crippen molar-refractivity contribution in [1.82, 2.24) is 19.7 Å². The molecule has 1 aromatic carbocycles. The van der Waals surface area contributed by atoms with Gasteiger partial charge in [-0.05, 0) is 38.0 Å². The third-order valence-corrected chi connectivity index (χ3v) is 5.78. The summed E-state index contributed by atoms with van der Waals surface area (Å²) in [7, 11) is 1.73. The third-order valence-electron chi connectivity index (χ3n) is 5.78. The second-order valence-electron chi connectivity index (χ2n) is 8.50. The lowest BCUT2D eigenvalue weighted by Gasteiger charge is -2.42. The minimum absolute atomic E-state index is 0.0151. The summed E-state index contributed by atoms with van der Waals surface area (Å²) in [6.45, 7) is 6.47. The van der Waals surface area contributed by atoms with E-state index in [9.17, 15) is 18.0 Å². The zero-order chi connectivity index (χ0) is 24.6. The molecule has 1 N–H and O–H groups in total. The van der Waals surface area contributed by atoms with Crippen LogP contribution in [-0.2, 0) is 17.9 Å². The van der Waals surface area contributed by atoms with Crippen LogP contribution in [-0.4, -0.2) is 44.8 Å². The van der Waals surface area contributed by atoms with Crippen LogP contribution < -0.4 is 15.1 Å². The molecule has 1 unspecified atom stereocenters. The molecule has 0 fully saturated rings. The molecule has 0 bridgehead atoms. The predicted octanol–water partition coefficient (Wildman–Crippen LogP) is 3.72. The molecule has 1 aliphatic rings. The smallest absolute Gasteiger partial charge is 0.249 e. The zero-order valence-electron chi connectivity index (χ0n) is 19.4. The van der Waals surface area contributed by atoms with E-state index in [2.05, 4.69) is 20.4 Å². The number of benzene rings is 1. The summed E-state index contributed by atoms with van der Waals surface area (Å²) in [6.07, 6.45) is 5.62. The number of anilines is 3. The lowest BCUT2D eigenvalue weighted by Crippen LogP contribution is -2.54. The van der Waals surface area contributed by atoms with Crippen LogP contribution >= 0.6 is 0 Å². The highest BCUT2D eigenvalue weighted by Gasteiger charge is 2.38. The summed E-state index contributed by atoms with van der Waals surface area (Å²) in [5.41, 5.74) is 1.71. The number of amides is 1. The molecule has 180 valence electrons. The van der Waals surface area contributed by atoms with E-state index in [1.165, 1.54) is 4.68 Å². The molecule has 0 saturated carbocycles. The molecule has 11 heteroatoms. The van der Waals surface area contributed by atoms with Crippen LogP contribution in [0.2, 0.25) is 0 Å². The Hall–Kier alpha value is -3.63. The van der Waals surface area contributed by atoms with Crippen molar-refractivity contribution in [2.75, 3.05) is 22.2 Å². The topological polar surface area (TPSA) is 79.2 Å². The van der Waals surface area contributed by atoms with Gasteiger partial charge >= 0.3 is 0 Å². The van der Waals surface area contributed by atoms with Gasteiger partial charge in [0.15, 0.2) is 23.3 Å². The van der Waals surface area contributed by atoms with Gasteiger partial charge < -0.3 is 15.1 Å². The first-order chi connectivity index (χ1) is 16.2. The van der Waals surface area contributed by atoms with Crippen molar-refractivity contribution in [1.29, 1.82) is 0 Å². The van der Waals surface area contributed by atoms with Crippen molar-refractivity contribution < 1.29 is 18.0 Å². The van der Waals surface area contributed by atoms with E-state index in [4.69, 9.17) is 0 Å². The fraction of sp³-hybridized carbons (Fsp3) is 0.391. The minimum atomic E-state index is -1.49. The molecule has 34 heavy (non-hydrogen) atoms. The van der Waals surface area contributed by atoms with Gasteiger partial charge in [0.25, 0.3) is 0 Å². The summed E-state index contributed by atoms with van der Waals surface area (Å²) < 4.78 is 41.6. The number of carbonyl (C=O) groups excluding carboxylic acids is 1.